The number of rotatable bonds is 14. The molecule has 0 radical (unpaired) electrons. The van der Waals surface area contributed by atoms with E-state index < -0.39 is 51.4 Å². The molecule has 7 nitrogen and oxygen atoms in total. The van der Waals surface area contributed by atoms with Gasteiger partial charge in [-0.2, -0.15) is 31.3 Å². The number of hydrogen-bond donors (Lipinski definition) is 1. The molecule has 2 heterocycles. The maximum atomic E-state index is 15.5. The van der Waals surface area contributed by atoms with E-state index >= 15 is 4.79 Å². The van der Waals surface area contributed by atoms with Gasteiger partial charge in [-0.05, 0) is 46.8 Å². The predicted molar refractivity (Wildman–Crippen MR) is 185 cm³/mol. The smallest absolute Gasteiger partial charge is 0.389 e. The number of thioether (sulfide) groups is 2. The molecule has 0 aromatic heterocycles. The fourth-order valence-corrected chi connectivity index (χ4v) is 9.41. The molecule has 0 fully saturated rings. The predicted octanol–water partition coefficient (Wildman–Crippen LogP) is 10.00. The summed E-state index contributed by atoms with van der Waals surface area (Å²) in [5, 5.41) is 3.75. The normalized spacial score (nSPS) is 20.1. The zero-order valence-electron chi connectivity index (χ0n) is 27.5. The van der Waals surface area contributed by atoms with Gasteiger partial charge >= 0.3 is 18.3 Å². The summed E-state index contributed by atoms with van der Waals surface area (Å²) in [7, 11) is 0. The summed E-state index contributed by atoms with van der Waals surface area (Å²) < 4.78 is 91.4. The van der Waals surface area contributed by atoms with Crippen molar-refractivity contribution in [3.63, 3.8) is 0 Å². The largest absolute Gasteiger partial charge is 0.492 e. The van der Waals surface area contributed by atoms with Crippen LogP contribution in [0.5, 0.6) is 11.5 Å². The van der Waals surface area contributed by atoms with Gasteiger partial charge in [0.2, 0.25) is 5.82 Å². The van der Waals surface area contributed by atoms with Crippen molar-refractivity contribution in [3.8, 4) is 11.5 Å². The van der Waals surface area contributed by atoms with Crippen molar-refractivity contribution in [2.24, 2.45) is 4.99 Å². The first-order valence-electron chi connectivity index (χ1n) is 15.6. The van der Waals surface area contributed by atoms with Gasteiger partial charge in [0, 0.05) is 35.8 Å². The zero-order chi connectivity index (χ0) is 36.4. The summed E-state index contributed by atoms with van der Waals surface area (Å²) in [6, 6.07) is 8.96. The summed E-state index contributed by atoms with van der Waals surface area (Å²) in [4.78, 5) is 20.0. The van der Waals surface area contributed by atoms with Gasteiger partial charge in [0.25, 0.3) is 10.0 Å². The number of halogens is 8. The summed E-state index contributed by atoms with van der Waals surface area (Å²) in [5.41, 5.74) is 0.296. The summed E-state index contributed by atoms with van der Waals surface area (Å²) in [6.45, 7) is 9.93. The number of alkyl halides is 6. The van der Waals surface area contributed by atoms with Gasteiger partial charge < -0.3 is 9.47 Å². The first-order chi connectivity index (χ1) is 22.9. The third-order valence-electron chi connectivity index (χ3n) is 8.06. The first-order valence-corrected chi connectivity index (χ1v) is 18.3. The lowest BCUT2D eigenvalue weighted by Gasteiger charge is -2.52. The van der Waals surface area contributed by atoms with Crippen molar-refractivity contribution < 1.29 is 45.1 Å². The standard InChI is InChI=1S/C32H37Cl2F6N4O3S2/c1-6-43(7-2)19-41-27-28(43)42-32(48-15-13-30(35,36)37,49-16-14-31(38,39)40)44(29(27)45,21-9-11-23(33)25(17-21)46-8-3)22-10-12-24(34)26(18-22)47-20(4)5/h9-12,17-20H,6-8,13-16H2,1-5H3/q+1/p+1. The molecule has 49 heavy (non-hydrogen) atoms. The van der Waals surface area contributed by atoms with Crippen LogP contribution in [-0.4, -0.2) is 70.7 Å². The van der Waals surface area contributed by atoms with Crippen LogP contribution < -0.4 is 19.3 Å². The third-order valence-corrected chi connectivity index (χ3v) is 11.7. The second-order valence-corrected chi connectivity index (χ2v) is 15.2. The molecule has 0 saturated carbocycles. The number of hydrogen-bond acceptors (Lipinski definition) is 7. The number of aliphatic imine (C=N–C) groups is 1. The van der Waals surface area contributed by atoms with Gasteiger partial charge in [-0.1, -0.05) is 46.7 Å². The van der Waals surface area contributed by atoms with Crippen LogP contribution in [0.3, 0.4) is 0 Å². The van der Waals surface area contributed by atoms with Gasteiger partial charge in [-0.3, -0.25) is 5.32 Å². The van der Waals surface area contributed by atoms with Crippen LogP contribution in [0.15, 0.2) is 52.9 Å². The van der Waals surface area contributed by atoms with E-state index in [1.165, 1.54) is 36.4 Å². The highest BCUT2D eigenvalue weighted by molar-refractivity contribution is 8.18. The fraction of sp³-hybridized carbons (Fsp3) is 0.500. The Hall–Kier alpha value is -2.30. The molecular formula is C32H38Cl2F6N4O3S2+2. The SMILES string of the molecule is CCOc1cc([N+]2(c3ccc(Cl)c(OC(C)C)c3)C(=O)C3=C(NC2(SCCC(F)(F)F)SCCC(F)(F)F)[N+](CC)(CC)C=N3)ccc1Cl. The summed E-state index contributed by atoms with van der Waals surface area (Å²) in [6.07, 6.45) is -10.5. The first kappa shape index (κ1) is 39.5. The molecule has 1 atom stereocenters. The minimum absolute atomic E-state index is 0.0126. The lowest BCUT2D eigenvalue weighted by atomic mass is 10.1. The highest BCUT2D eigenvalue weighted by atomic mass is 35.5. The van der Waals surface area contributed by atoms with E-state index in [9.17, 15) is 26.3 Å². The Kier molecular flexibility index (Phi) is 12.2. The molecule has 1 amide bonds. The molecule has 0 aliphatic carbocycles. The third kappa shape index (κ3) is 7.96. The van der Waals surface area contributed by atoms with Crippen molar-refractivity contribution in [1.29, 1.82) is 0 Å². The van der Waals surface area contributed by atoms with E-state index in [1.807, 2.05) is 13.8 Å². The van der Waals surface area contributed by atoms with E-state index in [-0.39, 0.29) is 61.6 Å². The van der Waals surface area contributed by atoms with Crippen LogP contribution in [-0.2, 0) is 4.79 Å². The number of nitrogens with zero attached hydrogens (tertiary/aromatic N) is 3. The Morgan fingerprint density at radius 3 is 1.86 bits per heavy atom. The lowest BCUT2D eigenvalue weighted by molar-refractivity contribution is -0.793. The fourth-order valence-electron chi connectivity index (χ4n) is 5.71. The van der Waals surface area contributed by atoms with Crippen molar-refractivity contribution in [2.45, 2.75) is 70.2 Å². The molecule has 17 heteroatoms. The zero-order valence-corrected chi connectivity index (χ0v) is 30.6. The second kappa shape index (κ2) is 15.1. The van der Waals surface area contributed by atoms with Gasteiger partial charge in [0.1, 0.15) is 11.5 Å². The van der Waals surface area contributed by atoms with Crippen molar-refractivity contribution in [3.05, 3.63) is 58.0 Å². The molecule has 0 saturated heterocycles. The summed E-state index contributed by atoms with van der Waals surface area (Å²) >= 11 is 14.4. The molecular weight excluding hydrogens is 737 g/mol. The lowest BCUT2D eigenvalue weighted by Crippen LogP contribution is -2.73. The topological polar surface area (TPSA) is 59.9 Å². The molecule has 2 aromatic carbocycles. The second-order valence-electron chi connectivity index (χ2n) is 11.5. The number of ether oxygens (including phenoxy) is 2. The molecule has 2 aromatic rings. The molecule has 1 unspecified atom stereocenters. The van der Waals surface area contributed by atoms with Crippen LogP contribution >= 0.6 is 46.7 Å². The Bertz CT molecular complexity index is 1580. The Labute approximate surface area is 300 Å². The van der Waals surface area contributed by atoms with Gasteiger partial charge in [-0.15, -0.1) is 4.48 Å². The average molecular weight is 776 g/mol. The number of quaternary nitrogens is 2. The number of carbonyl (C=O) groups is 1. The molecule has 2 aliphatic rings. The number of carbonyl (C=O) groups excluding carboxylic acids is 1. The summed E-state index contributed by atoms with van der Waals surface area (Å²) in [5.74, 6) is -1.27. The van der Waals surface area contributed by atoms with Gasteiger partial charge in [-0.25, -0.2) is 9.28 Å². The quantitative estimate of drug-likeness (QED) is 0.117. The molecule has 1 N–H and O–H groups in total. The van der Waals surface area contributed by atoms with Gasteiger partial charge in [0.05, 0.1) is 48.7 Å². The number of amides is 1. The Morgan fingerprint density at radius 1 is 0.878 bits per heavy atom. The van der Waals surface area contributed by atoms with Crippen molar-refractivity contribution in [1.82, 2.24) is 9.80 Å². The number of benzene rings is 2. The van der Waals surface area contributed by atoms with Crippen molar-refractivity contribution in [2.75, 3.05) is 31.2 Å². The average Bonchev–Trinajstić information content (AvgIpc) is 3.37. The van der Waals surface area contributed by atoms with Crippen LogP contribution in [0.1, 0.15) is 47.5 Å². The monoisotopic (exact) mass is 774 g/mol. The molecule has 0 spiro atoms. The molecule has 4 rings (SSSR count). The maximum Gasteiger partial charge on any atom is 0.389 e. The van der Waals surface area contributed by atoms with E-state index in [0.717, 1.165) is 0 Å². The van der Waals surface area contributed by atoms with E-state index in [2.05, 4.69) is 10.3 Å². The van der Waals surface area contributed by atoms with E-state index in [1.54, 1.807) is 27.1 Å². The van der Waals surface area contributed by atoms with Gasteiger partial charge in [0.15, 0.2) is 17.7 Å². The highest BCUT2D eigenvalue weighted by Gasteiger charge is 2.69. The van der Waals surface area contributed by atoms with Crippen LogP contribution in [0.2, 0.25) is 10.0 Å². The Balaban J connectivity index is 2.18. The van der Waals surface area contributed by atoms with E-state index in [4.69, 9.17) is 32.7 Å². The van der Waals surface area contributed by atoms with Crippen LogP contribution in [0.4, 0.5) is 37.7 Å². The van der Waals surface area contributed by atoms with Crippen molar-refractivity contribution >= 4 is 70.3 Å². The minimum Gasteiger partial charge on any atom is -0.492 e. The molecule has 2 aliphatic heterocycles. The van der Waals surface area contributed by atoms with Crippen LogP contribution in [0.25, 0.3) is 0 Å². The molecule has 0 bridgehead atoms. The van der Waals surface area contributed by atoms with Crippen LogP contribution in [0, 0.1) is 0 Å². The minimum atomic E-state index is -4.59. The molecule has 270 valence electrons. The number of nitrogens with one attached hydrogen (secondary N) is 1. The maximum absolute atomic E-state index is 15.5. The Morgan fingerprint density at radius 2 is 1.39 bits per heavy atom. The van der Waals surface area contributed by atoms with E-state index in [0.29, 0.717) is 36.6 Å². The highest BCUT2D eigenvalue weighted by Crippen LogP contribution is 2.59.